The molecule has 0 aliphatic heterocycles. The van der Waals surface area contributed by atoms with Gasteiger partial charge in [0.1, 0.15) is 0 Å². The number of amides is 1. The van der Waals surface area contributed by atoms with Crippen molar-refractivity contribution in [1.82, 2.24) is 19.9 Å². The second-order valence-electron chi connectivity index (χ2n) is 6.14. The second kappa shape index (κ2) is 6.80. The van der Waals surface area contributed by atoms with Crippen LogP contribution in [0.1, 0.15) is 28.9 Å². The number of aromatic nitrogens is 3. The van der Waals surface area contributed by atoms with Crippen molar-refractivity contribution in [2.75, 3.05) is 0 Å². The maximum absolute atomic E-state index is 12.7. The van der Waals surface area contributed by atoms with Crippen molar-refractivity contribution < 1.29 is 4.79 Å². The first-order valence-corrected chi connectivity index (χ1v) is 8.45. The van der Waals surface area contributed by atoms with Crippen LogP contribution in [0.25, 0.3) is 16.6 Å². The van der Waals surface area contributed by atoms with Gasteiger partial charge >= 0.3 is 0 Å². The van der Waals surface area contributed by atoms with Crippen LogP contribution in [0.2, 0.25) is 0 Å². The van der Waals surface area contributed by atoms with Gasteiger partial charge in [0.2, 0.25) is 0 Å². The molecule has 4 rings (SSSR count). The number of benzene rings is 2. The molecule has 0 aliphatic rings. The lowest BCUT2D eigenvalue weighted by Gasteiger charge is -2.15. The molecule has 5 nitrogen and oxygen atoms in total. The lowest BCUT2D eigenvalue weighted by molar-refractivity contribution is 0.0941. The number of nitrogens with zero attached hydrogens (tertiary/aromatic N) is 3. The number of pyridine rings is 1. The number of hydrogen-bond acceptors (Lipinski definition) is 3. The monoisotopic (exact) mass is 342 g/mol. The van der Waals surface area contributed by atoms with Crippen molar-refractivity contribution in [3.05, 3.63) is 90.6 Å². The SMILES string of the molecule is C[C@@H](NC(=O)c1cccc2cccnc12)c1ccc(-n2ccnc2)cc1. The highest BCUT2D eigenvalue weighted by Crippen LogP contribution is 2.19. The van der Waals surface area contributed by atoms with Gasteiger partial charge in [0.05, 0.1) is 23.4 Å². The van der Waals surface area contributed by atoms with Gasteiger partial charge < -0.3 is 9.88 Å². The van der Waals surface area contributed by atoms with Crippen LogP contribution in [0.5, 0.6) is 0 Å². The molecular formula is C21H18N4O. The summed E-state index contributed by atoms with van der Waals surface area (Å²) in [6.07, 6.45) is 7.10. The van der Waals surface area contributed by atoms with E-state index in [4.69, 9.17) is 0 Å². The number of carbonyl (C=O) groups excluding carboxylic acids is 1. The Hall–Kier alpha value is -3.47. The summed E-state index contributed by atoms with van der Waals surface area (Å²) in [7, 11) is 0. The quantitative estimate of drug-likeness (QED) is 0.612. The van der Waals surface area contributed by atoms with Gasteiger partial charge in [-0.3, -0.25) is 9.78 Å². The van der Waals surface area contributed by atoms with Crippen LogP contribution in [0.4, 0.5) is 0 Å². The molecule has 0 fully saturated rings. The predicted molar refractivity (Wildman–Crippen MR) is 101 cm³/mol. The lowest BCUT2D eigenvalue weighted by atomic mass is 10.1. The number of nitrogens with one attached hydrogen (secondary N) is 1. The third-order valence-corrected chi connectivity index (χ3v) is 4.42. The molecule has 0 unspecified atom stereocenters. The van der Waals surface area contributed by atoms with E-state index >= 15 is 0 Å². The van der Waals surface area contributed by atoms with Gasteiger partial charge in [0, 0.05) is 29.7 Å². The first-order chi connectivity index (χ1) is 12.7. The fraction of sp³-hybridized carbons (Fsp3) is 0.0952. The molecule has 0 radical (unpaired) electrons. The van der Waals surface area contributed by atoms with Crippen molar-refractivity contribution in [3.8, 4) is 5.69 Å². The standard InChI is InChI=1S/C21H18N4O/c1-15(16-7-9-18(10-8-16)25-13-12-22-14-25)24-21(26)19-6-2-4-17-5-3-11-23-20(17)19/h2-15H,1H3,(H,24,26)/t15-/m1/s1. The summed E-state index contributed by atoms with van der Waals surface area (Å²) >= 11 is 0. The summed E-state index contributed by atoms with van der Waals surface area (Å²) in [6.45, 7) is 1.97. The van der Waals surface area contributed by atoms with Gasteiger partial charge in [-0.1, -0.05) is 30.3 Å². The highest BCUT2D eigenvalue weighted by atomic mass is 16.1. The summed E-state index contributed by atoms with van der Waals surface area (Å²) in [5.74, 6) is -0.125. The van der Waals surface area contributed by atoms with E-state index in [1.54, 1.807) is 24.8 Å². The van der Waals surface area contributed by atoms with Crippen molar-refractivity contribution in [2.45, 2.75) is 13.0 Å². The summed E-state index contributed by atoms with van der Waals surface area (Å²) in [6, 6.07) is 17.4. The summed E-state index contributed by atoms with van der Waals surface area (Å²) in [5, 5.41) is 4.02. The molecule has 0 saturated carbocycles. The highest BCUT2D eigenvalue weighted by molar-refractivity contribution is 6.05. The average molecular weight is 342 g/mol. The fourth-order valence-corrected chi connectivity index (χ4v) is 2.99. The van der Waals surface area contributed by atoms with Crippen molar-refractivity contribution in [3.63, 3.8) is 0 Å². The highest BCUT2D eigenvalue weighted by Gasteiger charge is 2.14. The Labute approximate surface area is 151 Å². The van der Waals surface area contributed by atoms with E-state index in [0.717, 1.165) is 22.2 Å². The lowest BCUT2D eigenvalue weighted by Crippen LogP contribution is -2.27. The zero-order valence-corrected chi connectivity index (χ0v) is 14.3. The summed E-state index contributed by atoms with van der Waals surface area (Å²) in [4.78, 5) is 21.1. The number of fused-ring (bicyclic) bond motifs is 1. The number of carbonyl (C=O) groups is 1. The molecule has 1 atom stereocenters. The minimum Gasteiger partial charge on any atom is -0.345 e. The predicted octanol–water partition coefficient (Wildman–Crippen LogP) is 3.91. The third kappa shape index (κ3) is 3.07. The zero-order chi connectivity index (χ0) is 17.9. The van der Waals surface area contributed by atoms with Gasteiger partial charge in [0.25, 0.3) is 5.91 Å². The molecule has 1 amide bonds. The Morgan fingerprint density at radius 1 is 1.04 bits per heavy atom. The summed E-state index contributed by atoms with van der Waals surface area (Å²) < 4.78 is 1.94. The van der Waals surface area contributed by atoms with Gasteiger partial charge in [-0.05, 0) is 36.8 Å². The van der Waals surface area contributed by atoms with Gasteiger partial charge in [-0.15, -0.1) is 0 Å². The zero-order valence-electron chi connectivity index (χ0n) is 14.3. The molecule has 2 heterocycles. The first kappa shape index (κ1) is 16.0. The molecular weight excluding hydrogens is 324 g/mol. The molecule has 4 aromatic rings. The number of rotatable bonds is 4. The smallest absolute Gasteiger partial charge is 0.253 e. The van der Waals surface area contributed by atoms with Crippen LogP contribution in [0.15, 0.2) is 79.5 Å². The van der Waals surface area contributed by atoms with Gasteiger partial charge in [-0.2, -0.15) is 0 Å². The Morgan fingerprint density at radius 2 is 1.85 bits per heavy atom. The molecule has 26 heavy (non-hydrogen) atoms. The maximum Gasteiger partial charge on any atom is 0.253 e. The molecule has 2 aromatic heterocycles. The van der Waals surface area contributed by atoms with Crippen LogP contribution < -0.4 is 5.32 Å². The normalized spacial score (nSPS) is 12.0. The van der Waals surface area contributed by atoms with Gasteiger partial charge in [0.15, 0.2) is 0 Å². The Kier molecular flexibility index (Phi) is 4.19. The molecule has 0 aliphatic carbocycles. The van der Waals surface area contributed by atoms with Crippen LogP contribution in [-0.4, -0.2) is 20.4 Å². The van der Waals surface area contributed by atoms with Crippen molar-refractivity contribution >= 4 is 16.8 Å². The second-order valence-corrected chi connectivity index (χ2v) is 6.14. The fourth-order valence-electron chi connectivity index (χ4n) is 2.99. The van der Waals surface area contributed by atoms with E-state index in [2.05, 4.69) is 15.3 Å². The topological polar surface area (TPSA) is 59.8 Å². The third-order valence-electron chi connectivity index (χ3n) is 4.42. The average Bonchev–Trinajstić information content (AvgIpc) is 3.22. The Morgan fingerprint density at radius 3 is 2.62 bits per heavy atom. The molecule has 2 aromatic carbocycles. The minimum atomic E-state index is -0.125. The van der Waals surface area contributed by atoms with E-state index in [1.165, 1.54) is 0 Å². The molecule has 0 bridgehead atoms. The van der Waals surface area contributed by atoms with E-state index in [9.17, 15) is 4.79 Å². The van der Waals surface area contributed by atoms with E-state index in [-0.39, 0.29) is 11.9 Å². The summed E-state index contributed by atoms with van der Waals surface area (Å²) in [5.41, 5.74) is 3.37. The van der Waals surface area contributed by atoms with Crippen LogP contribution >= 0.6 is 0 Å². The van der Waals surface area contributed by atoms with Crippen LogP contribution in [0.3, 0.4) is 0 Å². The Bertz CT molecular complexity index is 1030. The molecule has 1 N–H and O–H groups in total. The van der Waals surface area contributed by atoms with Crippen molar-refractivity contribution in [2.24, 2.45) is 0 Å². The van der Waals surface area contributed by atoms with Gasteiger partial charge in [-0.25, -0.2) is 4.98 Å². The number of hydrogen-bond donors (Lipinski definition) is 1. The van der Waals surface area contributed by atoms with Crippen LogP contribution in [0, 0.1) is 0 Å². The minimum absolute atomic E-state index is 0.113. The van der Waals surface area contributed by atoms with Crippen LogP contribution in [-0.2, 0) is 0 Å². The first-order valence-electron chi connectivity index (χ1n) is 8.45. The number of imidazole rings is 1. The maximum atomic E-state index is 12.7. The largest absolute Gasteiger partial charge is 0.345 e. The Balaban J connectivity index is 1.54. The van der Waals surface area contributed by atoms with Crippen molar-refractivity contribution in [1.29, 1.82) is 0 Å². The molecule has 128 valence electrons. The molecule has 0 spiro atoms. The molecule has 5 heteroatoms. The van der Waals surface area contributed by atoms with E-state index < -0.39 is 0 Å². The van der Waals surface area contributed by atoms with E-state index in [1.807, 2.05) is 66.2 Å². The number of para-hydroxylation sites is 1. The van der Waals surface area contributed by atoms with E-state index in [0.29, 0.717) is 5.56 Å². The molecule has 0 saturated heterocycles.